The maximum absolute atomic E-state index is 12.4. The Labute approximate surface area is 107 Å². The highest BCUT2D eigenvalue weighted by Crippen LogP contribution is 2.29. The number of carbonyl (C=O) groups excluding carboxylic acids is 1. The summed E-state index contributed by atoms with van der Waals surface area (Å²) in [6.07, 6.45) is -3.36. The van der Waals surface area contributed by atoms with Gasteiger partial charge in [0.1, 0.15) is 5.69 Å². The molecule has 1 rings (SSSR count). The van der Waals surface area contributed by atoms with Crippen LogP contribution in [0.2, 0.25) is 0 Å². The van der Waals surface area contributed by atoms with Crippen LogP contribution in [-0.2, 0) is 11.0 Å². The molecule has 0 aliphatic carbocycles. The molecule has 1 aromatic heterocycles. The van der Waals surface area contributed by atoms with E-state index >= 15 is 0 Å². The van der Waals surface area contributed by atoms with Crippen LogP contribution in [0, 0.1) is 0 Å². The van der Waals surface area contributed by atoms with E-state index in [4.69, 9.17) is 0 Å². The van der Waals surface area contributed by atoms with E-state index in [0.29, 0.717) is 25.2 Å². The van der Waals surface area contributed by atoms with Crippen molar-refractivity contribution in [2.45, 2.75) is 19.0 Å². The van der Waals surface area contributed by atoms with E-state index in [1.54, 1.807) is 7.05 Å². The van der Waals surface area contributed by atoms with Crippen molar-refractivity contribution in [2.75, 3.05) is 18.9 Å². The fourth-order valence-corrected chi connectivity index (χ4v) is 1.38. The van der Waals surface area contributed by atoms with Crippen molar-refractivity contribution in [2.24, 2.45) is 0 Å². The summed E-state index contributed by atoms with van der Waals surface area (Å²) in [6.45, 7) is 0.604. The minimum atomic E-state index is -4.57. The number of H-pyrrole nitrogens is 1. The zero-order chi connectivity index (χ0) is 14.5. The first-order valence-corrected chi connectivity index (χ1v) is 5.59. The lowest BCUT2D eigenvalue weighted by Crippen LogP contribution is -2.22. The third-order valence-corrected chi connectivity index (χ3v) is 2.34. The number of amides is 1. The predicted molar refractivity (Wildman–Crippen MR) is 63.9 cm³/mol. The lowest BCUT2D eigenvalue weighted by atomic mass is 10.2. The molecule has 0 saturated carbocycles. The van der Waals surface area contributed by atoms with Crippen LogP contribution in [0.25, 0.3) is 0 Å². The summed E-state index contributed by atoms with van der Waals surface area (Å²) >= 11 is 0. The highest BCUT2D eigenvalue weighted by molar-refractivity contribution is 5.90. The fraction of sp³-hybridized carbons (Fsp3) is 0.455. The maximum atomic E-state index is 12.4. The Hall–Kier alpha value is -1.83. The van der Waals surface area contributed by atoms with Crippen molar-refractivity contribution in [3.63, 3.8) is 0 Å². The first-order valence-electron chi connectivity index (χ1n) is 5.59. The van der Waals surface area contributed by atoms with Crippen LogP contribution in [0.1, 0.15) is 18.4 Å². The summed E-state index contributed by atoms with van der Waals surface area (Å²) in [5.41, 5.74) is -2.18. The Morgan fingerprint density at radius 3 is 2.68 bits per heavy atom. The Balaban J connectivity index is 2.78. The first kappa shape index (κ1) is 15.2. The molecule has 0 aliphatic rings. The van der Waals surface area contributed by atoms with Gasteiger partial charge in [0.05, 0.1) is 5.56 Å². The monoisotopic (exact) mass is 277 g/mol. The summed E-state index contributed by atoms with van der Waals surface area (Å²) in [5, 5.41) is 5.00. The molecule has 0 radical (unpaired) electrons. The van der Waals surface area contributed by atoms with Crippen molar-refractivity contribution < 1.29 is 18.0 Å². The van der Waals surface area contributed by atoms with Crippen molar-refractivity contribution in [1.29, 1.82) is 0 Å². The van der Waals surface area contributed by atoms with Crippen LogP contribution >= 0.6 is 0 Å². The molecule has 1 amide bonds. The molecule has 106 valence electrons. The van der Waals surface area contributed by atoms with Crippen LogP contribution in [0.3, 0.4) is 0 Å². The van der Waals surface area contributed by atoms with E-state index in [2.05, 4.69) is 10.6 Å². The molecular weight excluding hydrogens is 263 g/mol. The first-order chi connectivity index (χ1) is 8.84. The number of carbonyl (C=O) groups is 1. The molecule has 3 N–H and O–H groups in total. The van der Waals surface area contributed by atoms with E-state index in [0.717, 1.165) is 0 Å². The van der Waals surface area contributed by atoms with Gasteiger partial charge in [0.2, 0.25) is 5.91 Å². The fourth-order valence-electron chi connectivity index (χ4n) is 1.38. The van der Waals surface area contributed by atoms with Gasteiger partial charge in [0.25, 0.3) is 5.56 Å². The number of aromatic amines is 1. The molecule has 0 unspecified atom stereocenters. The van der Waals surface area contributed by atoms with Gasteiger partial charge in [0.15, 0.2) is 0 Å². The van der Waals surface area contributed by atoms with E-state index < -0.39 is 28.9 Å². The number of hydrogen-bond acceptors (Lipinski definition) is 3. The van der Waals surface area contributed by atoms with Crippen LogP contribution in [0.4, 0.5) is 18.9 Å². The summed E-state index contributed by atoms with van der Waals surface area (Å²) in [6, 6.07) is 0.620. The SMILES string of the molecule is CNCCCC(=O)Nc1cc(C(F)(F)F)c[nH]c1=O. The third kappa shape index (κ3) is 4.74. The van der Waals surface area contributed by atoms with Gasteiger partial charge >= 0.3 is 6.18 Å². The number of aromatic nitrogens is 1. The summed E-state index contributed by atoms with van der Waals surface area (Å²) < 4.78 is 37.3. The quantitative estimate of drug-likeness (QED) is 0.711. The standard InChI is InChI=1S/C11H14F3N3O2/c1-15-4-2-3-9(18)17-8-5-7(11(12,13)14)6-16-10(8)19/h5-6,15H,2-4H2,1H3,(H,16,19)(H,17,18). The zero-order valence-electron chi connectivity index (χ0n) is 10.2. The molecule has 19 heavy (non-hydrogen) atoms. The number of rotatable bonds is 5. The molecule has 0 saturated heterocycles. The van der Waals surface area contributed by atoms with Crippen molar-refractivity contribution >= 4 is 11.6 Å². The second-order valence-electron chi connectivity index (χ2n) is 3.88. The Morgan fingerprint density at radius 1 is 1.42 bits per heavy atom. The minimum Gasteiger partial charge on any atom is -0.327 e. The van der Waals surface area contributed by atoms with Gasteiger partial charge in [-0.2, -0.15) is 13.2 Å². The molecule has 8 heteroatoms. The van der Waals surface area contributed by atoms with Gasteiger partial charge in [-0.15, -0.1) is 0 Å². The van der Waals surface area contributed by atoms with Gasteiger partial charge in [0, 0.05) is 12.6 Å². The number of hydrogen-bond donors (Lipinski definition) is 3. The Kier molecular flexibility index (Phi) is 5.11. The molecule has 0 fully saturated rings. The average molecular weight is 277 g/mol. The molecule has 0 spiro atoms. The number of alkyl halides is 3. The normalized spacial score (nSPS) is 11.4. The molecule has 0 bridgehead atoms. The molecule has 1 heterocycles. The van der Waals surface area contributed by atoms with E-state index in [9.17, 15) is 22.8 Å². The van der Waals surface area contributed by atoms with Crippen molar-refractivity contribution in [1.82, 2.24) is 10.3 Å². The smallest absolute Gasteiger partial charge is 0.327 e. The average Bonchev–Trinajstić information content (AvgIpc) is 2.31. The van der Waals surface area contributed by atoms with E-state index in [1.165, 1.54) is 0 Å². The van der Waals surface area contributed by atoms with E-state index in [-0.39, 0.29) is 6.42 Å². The highest BCUT2D eigenvalue weighted by atomic mass is 19.4. The second-order valence-corrected chi connectivity index (χ2v) is 3.88. The van der Waals surface area contributed by atoms with Crippen molar-refractivity contribution in [3.05, 3.63) is 28.2 Å². The van der Waals surface area contributed by atoms with Gasteiger partial charge in [-0.1, -0.05) is 0 Å². The van der Waals surface area contributed by atoms with Gasteiger partial charge in [-0.3, -0.25) is 9.59 Å². The number of nitrogens with one attached hydrogen (secondary N) is 3. The Morgan fingerprint density at radius 2 is 2.11 bits per heavy atom. The molecule has 5 nitrogen and oxygen atoms in total. The maximum Gasteiger partial charge on any atom is 0.417 e. The highest BCUT2D eigenvalue weighted by Gasteiger charge is 2.31. The predicted octanol–water partition coefficient (Wildman–Crippen LogP) is 1.33. The lowest BCUT2D eigenvalue weighted by Gasteiger charge is -2.09. The molecule has 0 aromatic carbocycles. The molecule has 0 atom stereocenters. The molecule has 0 aliphatic heterocycles. The second kappa shape index (κ2) is 6.37. The van der Waals surface area contributed by atoms with Crippen LogP contribution in [-0.4, -0.2) is 24.5 Å². The van der Waals surface area contributed by atoms with E-state index in [1.807, 2.05) is 4.98 Å². The lowest BCUT2D eigenvalue weighted by molar-refractivity contribution is -0.137. The van der Waals surface area contributed by atoms with Crippen molar-refractivity contribution in [3.8, 4) is 0 Å². The number of halogens is 3. The summed E-state index contributed by atoms with van der Waals surface area (Å²) in [7, 11) is 1.72. The summed E-state index contributed by atoms with van der Waals surface area (Å²) in [5.74, 6) is -0.500. The van der Waals surface area contributed by atoms with Crippen LogP contribution in [0.15, 0.2) is 17.1 Å². The minimum absolute atomic E-state index is 0.122. The Bertz CT molecular complexity index is 497. The van der Waals surface area contributed by atoms with Gasteiger partial charge in [-0.25, -0.2) is 0 Å². The van der Waals surface area contributed by atoms with Crippen LogP contribution < -0.4 is 16.2 Å². The third-order valence-electron chi connectivity index (χ3n) is 2.34. The molecular formula is C11H14F3N3O2. The molecule has 1 aromatic rings. The topological polar surface area (TPSA) is 74.0 Å². The van der Waals surface area contributed by atoms with Crippen LogP contribution in [0.5, 0.6) is 0 Å². The number of anilines is 1. The van der Waals surface area contributed by atoms with Gasteiger partial charge in [-0.05, 0) is 26.1 Å². The van der Waals surface area contributed by atoms with Gasteiger partial charge < -0.3 is 15.6 Å². The number of pyridine rings is 1. The zero-order valence-corrected chi connectivity index (χ0v) is 10.2. The summed E-state index contributed by atoms with van der Waals surface area (Å²) in [4.78, 5) is 24.7. The largest absolute Gasteiger partial charge is 0.417 e.